The van der Waals surface area contributed by atoms with Crippen LogP contribution in [-0.2, 0) is 6.42 Å². The van der Waals surface area contributed by atoms with Crippen LogP contribution in [0.15, 0.2) is 48.5 Å². The van der Waals surface area contributed by atoms with Crippen LogP contribution in [-0.4, -0.2) is 5.97 Å². The third-order valence-corrected chi connectivity index (χ3v) is 3.70. The first kappa shape index (κ1) is 15.3. The molecule has 0 unspecified atom stereocenters. The van der Waals surface area contributed by atoms with Gasteiger partial charge in [-0.3, -0.25) is 0 Å². The van der Waals surface area contributed by atoms with Gasteiger partial charge in [0, 0.05) is 0 Å². The second kappa shape index (κ2) is 7.07. The quantitative estimate of drug-likeness (QED) is 0.581. The highest BCUT2D eigenvalue weighted by atomic mass is 16.5. The third kappa shape index (κ3) is 4.45. The zero-order valence-electron chi connectivity index (χ0n) is 12.9. The van der Waals surface area contributed by atoms with E-state index in [4.69, 9.17) is 4.74 Å². The molecule has 0 saturated carbocycles. The first-order chi connectivity index (χ1) is 10.1. The fourth-order valence-electron chi connectivity index (χ4n) is 2.10. The molecule has 0 N–H and O–H groups in total. The number of hydrogen-bond donors (Lipinski definition) is 0. The van der Waals surface area contributed by atoms with Gasteiger partial charge in [0.1, 0.15) is 5.75 Å². The SMILES string of the molecule is CC[C@H](C)Cc1ccc(OC(=O)c2ccc(C)cc2)cc1. The maximum atomic E-state index is 12.0. The molecule has 0 aliphatic carbocycles. The van der Waals surface area contributed by atoms with Gasteiger partial charge in [-0.2, -0.15) is 0 Å². The lowest BCUT2D eigenvalue weighted by Gasteiger charge is -2.09. The first-order valence-corrected chi connectivity index (χ1v) is 7.46. The number of carbonyl (C=O) groups excluding carboxylic acids is 1. The molecule has 2 aromatic carbocycles. The molecule has 0 fully saturated rings. The Morgan fingerprint density at radius 3 is 2.24 bits per heavy atom. The molecular formula is C19H22O2. The Labute approximate surface area is 126 Å². The van der Waals surface area contributed by atoms with Crippen molar-refractivity contribution in [1.82, 2.24) is 0 Å². The van der Waals surface area contributed by atoms with Crippen molar-refractivity contribution < 1.29 is 9.53 Å². The number of rotatable bonds is 5. The van der Waals surface area contributed by atoms with E-state index in [1.807, 2.05) is 43.3 Å². The Bertz CT molecular complexity index is 582. The number of esters is 1. The maximum Gasteiger partial charge on any atom is 0.343 e. The minimum atomic E-state index is -0.315. The molecule has 0 aliphatic rings. The average Bonchev–Trinajstić information content (AvgIpc) is 2.49. The maximum absolute atomic E-state index is 12.0. The summed E-state index contributed by atoms with van der Waals surface area (Å²) in [5.74, 6) is 0.948. The summed E-state index contributed by atoms with van der Waals surface area (Å²) in [6.45, 7) is 6.43. The van der Waals surface area contributed by atoms with Crippen LogP contribution in [0.4, 0.5) is 0 Å². The molecule has 21 heavy (non-hydrogen) atoms. The Kier molecular flexibility index (Phi) is 5.15. The van der Waals surface area contributed by atoms with Gasteiger partial charge < -0.3 is 4.74 Å². The first-order valence-electron chi connectivity index (χ1n) is 7.46. The third-order valence-electron chi connectivity index (χ3n) is 3.70. The van der Waals surface area contributed by atoms with Crippen molar-refractivity contribution in [2.45, 2.75) is 33.6 Å². The lowest BCUT2D eigenvalue weighted by molar-refractivity contribution is 0.0734. The van der Waals surface area contributed by atoms with Crippen molar-refractivity contribution in [3.05, 3.63) is 65.2 Å². The zero-order chi connectivity index (χ0) is 15.2. The molecule has 2 aromatic rings. The van der Waals surface area contributed by atoms with Crippen molar-refractivity contribution in [2.75, 3.05) is 0 Å². The molecule has 110 valence electrons. The zero-order valence-corrected chi connectivity index (χ0v) is 12.9. The summed E-state index contributed by atoms with van der Waals surface area (Å²) in [5, 5.41) is 0. The molecule has 2 rings (SSSR count). The highest BCUT2D eigenvalue weighted by Crippen LogP contribution is 2.17. The van der Waals surface area contributed by atoms with Gasteiger partial charge in [-0.25, -0.2) is 4.79 Å². The van der Waals surface area contributed by atoms with Gasteiger partial charge in [-0.05, 0) is 49.1 Å². The van der Waals surface area contributed by atoms with Crippen molar-refractivity contribution in [1.29, 1.82) is 0 Å². The molecule has 0 spiro atoms. The van der Waals surface area contributed by atoms with Crippen molar-refractivity contribution in [2.24, 2.45) is 5.92 Å². The number of benzene rings is 2. The fourth-order valence-corrected chi connectivity index (χ4v) is 2.10. The largest absolute Gasteiger partial charge is 0.423 e. The fraction of sp³-hybridized carbons (Fsp3) is 0.316. The summed E-state index contributed by atoms with van der Waals surface area (Å²) in [5.41, 5.74) is 2.98. The Hall–Kier alpha value is -2.09. The van der Waals surface area contributed by atoms with Crippen LogP contribution >= 0.6 is 0 Å². The highest BCUT2D eigenvalue weighted by Gasteiger charge is 2.08. The van der Waals surface area contributed by atoms with E-state index < -0.39 is 0 Å². The lowest BCUT2D eigenvalue weighted by atomic mass is 9.99. The molecule has 2 heteroatoms. The Morgan fingerprint density at radius 2 is 1.67 bits per heavy atom. The van der Waals surface area contributed by atoms with Crippen LogP contribution in [0.3, 0.4) is 0 Å². The number of carbonyl (C=O) groups is 1. The van der Waals surface area contributed by atoms with Gasteiger partial charge in [0.25, 0.3) is 0 Å². The number of aryl methyl sites for hydroxylation is 1. The van der Waals surface area contributed by atoms with E-state index in [1.54, 1.807) is 12.1 Å². The second-order valence-electron chi connectivity index (χ2n) is 5.62. The van der Waals surface area contributed by atoms with Gasteiger partial charge in [-0.1, -0.05) is 50.1 Å². The van der Waals surface area contributed by atoms with Crippen LogP contribution in [0.2, 0.25) is 0 Å². The van der Waals surface area contributed by atoms with Crippen LogP contribution in [0.1, 0.15) is 41.8 Å². The van der Waals surface area contributed by atoms with E-state index in [9.17, 15) is 4.79 Å². The summed E-state index contributed by atoms with van der Waals surface area (Å²) >= 11 is 0. The van der Waals surface area contributed by atoms with E-state index in [0.717, 1.165) is 12.0 Å². The molecule has 0 radical (unpaired) electrons. The second-order valence-corrected chi connectivity index (χ2v) is 5.62. The molecule has 0 bridgehead atoms. The standard InChI is InChI=1S/C19H22O2/c1-4-14(2)13-16-7-11-18(12-8-16)21-19(20)17-9-5-15(3)6-10-17/h5-12,14H,4,13H2,1-3H3/t14-/m0/s1. The van der Waals surface area contributed by atoms with E-state index in [0.29, 0.717) is 17.2 Å². The van der Waals surface area contributed by atoms with Crippen LogP contribution in [0.5, 0.6) is 5.75 Å². The topological polar surface area (TPSA) is 26.3 Å². The normalized spacial score (nSPS) is 12.0. The predicted octanol–water partition coefficient (Wildman–Crippen LogP) is 4.80. The molecule has 0 aromatic heterocycles. The van der Waals surface area contributed by atoms with E-state index in [-0.39, 0.29) is 5.97 Å². The van der Waals surface area contributed by atoms with Gasteiger partial charge in [-0.15, -0.1) is 0 Å². The average molecular weight is 282 g/mol. The molecule has 2 nitrogen and oxygen atoms in total. The minimum Gasteiger partial charge on any atom is -0.423 e. The summed E-state index contributed by atoms with van der Waals surface area (Å²) < 4.78 is 5.39. The van der Waals surface area contributed by atoms with Crippen molar-refractivity contribution >= 4 is 5.97 Å². The van der Waals surface area contributed by atoms with Crippen LogP contribution in [0, 0.1) is 12.8 Å². The van der Waals surface area contributed by atoms with E-state index in [1.165, 1.54) is 12.0 Å². The molecule has 0 aliphatic heterocycles. The predicted molar refractivity (Wildman–Crippen MR) is 85.7 cm³/mol. The molecule has 1 atom stereocenters. The van der Waals surface area contributed by atoms with Gasteiger partial charge >= 0.3 is 5.97 Å². The van der Waals surface area contributed by atoms with Crippen molar-refractivity contribution in [3.63, 3.8) is 0 Å². The Balaban J connectivity index is 1.99. The van der Waals surface area contributed by atoms with Crippen LogP contribution < -0.4 is 4.74 Å². The summed E-state index contributed by atoms with van der Waals surface area (Å²) in [6, 6.07) is 15.2. The van der Waals surface area contributed by atoms with Gasteiger partial charge in [0.2, 0.25) is 0 Å². The highest BCUT2D eigenvalue weighted by molar-refractivity contribution is 5.91. The van der Waals surface area contributed by atoms with Crippen molar-refractivity contribution in [3.8, 4) is 5.75 Å². The number of hydrogen-bond acceptors (Lipinski definition) is 2. The lowest BCUT2D eigenvalue weighted by Crippen LogP contribution is -2.08. The van der Waals surface area contributed by atoms with Gasteiger partial charge in [0.05, 0.1) is 5.56 Å². The van der Waals surface area contributed by atoms with E-state index >= 15 is 0 Å². The summed E-state index contributed by atoms with van der Waals surface area (Å²) in [7, 11) is 0. The monoisotopic (exact) mass is 282 g/mol. The molecular weight excluding hydrogens is 260 g/mol. The summed E-state index contributed by atoms with van der Waals surface area (Å²) in [4.78, 5) is 12.0. The van der Waals surface area contributed by atoms with E-state index in [2.05, 4.69) is 13.8 Å². The number of ether oxygens (including phenoxy) is 1. The smallest absolute Gasteiger partial charge is 0.343 e. The van der Waals surface area contributed by atoms with Gasteiger partial charge in [0.15, 0.2) is 0 Å². The molecule has 0 saturated heterocycles. The molecule has 0 heterocycles. The Morgan fingerprint density at radius 1 is 1.05 bits per heavy atom. The van der Waals surface area contributed by atoms with Crippen LogP contribution in [0.25, 0.3) is 0 Å². The minimum absolute atomic E-state index is 0.315. The summed E-state index contributed by atoms with van der Waals surface area (Å²) in [6.07, 6.45) is 2.23. The molecule has 0 amide bonds.